The molecule has 2 aromatic rings. The van der Waals surface area contributed by atoms with Crippen molar-refractivity contribution in [1.29, 1.82) is 0 Å². The van der Waals surface area contributed by atoms with Gasteiger partial charge in [0.05, 0.1) is 21.5 Å². The molecular weight excluding hydrogens is 443 g/mol. The zero-order valence-corrected chi connectivity index (χ0v) is 18.5. The lowest BCUT2D eigenvalue weighted by Crippen LogP contribution is -2.41. The standard InChI is InChI=1S/C19H21Cl3N2O3S/c1-13(2)10-23-19(25)12-24(11-14-3-8-17(21)18(22)9-14)28(26,27)16-6-4-15(20)5-7-16/h3-9,13H,10-12H2,1-2H3,(H,23,25). The summed E-state index contributed by atoms with van der Waals surface area (Å²) in [5, 5.41) is 3.84. The summed E-state index contributed by atoms with van der Waals surface area (Å²) in [6.45, 7) is 4.02. The summed E-state index contributed by atoms with van der Waals surface area (Å²) in [4.78, 5) is 12.4. The van der Waals surface area contributed by atoms with E-state index < -0.39 is 10.0 Å². The maximum Gasteiger partial charge on any atom is 0.243 e. The molecule has 0 aliphatic carbocycles. The summed E-state index contributed by atoms with van der Waals surface area (Å²) in [5.74, 6) is -0.133. The molecule has 0 spiro atoms. The number of hydrogen-bond donors (Lipinski definition) is 1. The predicted octanol–water partition coefficient (Wildman–Crippen LogP) is 4.61. The Morgan fingerprint density at radius 3 is 2.25 bits per heavy atom. The lowest BCUT2D eigenvalue weighted by molar-refractivity contribution is -0.121. The summed E-state index contributed by atoms with van der Waals surface area (Å²) < 4.78 is 27.3. The maximum atomic E-state index is 13.1. The van der Waals surface area contributed by atoms with Crippen molar-refractivity contribution >= 4 is 50.7 Å². The SMILES string of the molecule is CC(C)CNC(=O)CN(Cc1ccc(Cl)c(Cl)c1)S(=O)(=O)c1ccc(Cl)cc1. The van der Waals surface area contributed by atoms with Gasteiger partial charge in [0, 0.05) is 18.1 Å². The number of rotatable bonds is 8. The highest BCUT2D eigenvalue weighted by molar-refractivity contribution is 7.89. The maximum absolute atomic E-state index is 13.1. The first-order chi connectivity index (χ1) is 13.1. The molecule has 0 bridgehead atoms. The Morgan fingerprint density at radius 2 is 1.68 bits per heavy atom. The van der Waals surface area contributed by atoms with Crippen LogP contribution < -0.4 is 5.32 Å². The fourth-order valence-corrected chi connectivity index (χ4v) is 4.19. The highest BCUT2D eigenvalue weighted by atomic mass is 35.5. The number of amides is 1. The van der Waals surface area contributed by atoms with Gasteiger partial charge in [0.15, 0.2) is 0 Å². The van der Waals surface area contributed by atoms with E-state index in [1.54, 1.807) is 18.2 Å². The first kappa shape index (κ1) is 23.0. The molecule has 2 rings (SSSR count). The molecule has 9 heteroatoms. The smallest absolute Gasteiger partial charge is 0.243 e. The van der Waals surface area contributed by atoms with Crippen LogP contribution in [-0.2, 0) is 21.4 Å². The van der Waals surface area contributed by atoms with E-state index in [0.717, 1.165) is 4.31 Å². The van der Waals surface area contributed by atoms with Crippen LogP contribution in [0.1, 0.15) is 19.4 Å². The molecule has 0 fully saturated rings. The molecular formula is C19H21Cl3N2O3S. The van der Waals surface area contributed by atoms with Crippen LogP contribution in [-0.4, -0.2) is 31.7 Å². The van der Waals surface area contributed by atoms with Gasteiger partial charge in [0.2, 0.25) is 15.9 Å². The van der Waals surface area contributed by atoms with E-state index in [9.17, 15) is 13.2 Å². The third-order valence-corrected chi connectivity index (χ3v) is 6.62. The lowest BCUT2D eigenvalue weighted by atomic mass is 10.2. The van der Waals surface area contributed by atoms with Crippen molar-refractivity contribution in [3.63, 3.8) is 0 Å². The lowest BCUT2D eigenvalue weighted by Gasteiger charge is -2.22. The Morgan fingerprint density at radius 1 is 1.04 bits per heavy atom. The van der Waals surface area contributed by atoms with Gasteiger partial charge in [-0.3, -0.25) is 4.79 Å². The minimum absolute atomic E-state index is 0.0308. The van der Waals surface area contributed by atoms with Crippen LogP contribution in [0.4, 0.5) is 0 Å². The number of carbonyl (C=O) groups is 1. The summed E-state index contributed by atoms with van der Waals surface area (Å²) in [6, 6.07) is 10.6. The average Bonchev–Trinajstić information content (AvgIpc) is 2.63. The van der Waals surface area contributed by atoms with E-state index in [1.807, 2.05) is 13.8 Å². The molecule has 152 valence electrons. The Kier molecular flexibility index (Phi) is 8.16. The van der Waals surface area contributed by atoms with Gasteiger partial charge in [0.1, 0.15) is 0 Å². The summed E-state index contributed by atoms with van der Waals surface area (Å²) >= 11 is 17.8. The first-order valence-electron chi connectivity index (χ1n) is 8.56. The predicted molar refractivity (Wildman–Crippen MR) is 113 cm³/mol. The fourth-order valence-electron chi connectivity index (χ4n) is 2.36. The normalized spacial score (nSPS) is 11.8. The molecule has 5 nitrogen and oxygen atoms in total. The van der Waals surface area contributed by atoms with E-state index >= 15 is 0 Å². The van der Waals surface area contributed by atoms with Crippen LogP contribution in [0, 0.1) is 5.92 Å². The van der Waals surface area contributed by atoms with Crippen molar-refractivity contribution in [2.24, 2.45) is 5.92 Å². The second kappa shape index (κ2) is 9.94. The van der Waals surface area contributed by atoms with Crippen molar-refractivity contribution in [1.82, 2.24) is 9.62 Å². The average molecular weight is 464 g/mol. The van der Waals surface area contributed by atoms with Crippen LogP contribution >= 0.6 is 34.8 Å². The summed E-state index contributed by atoms with van der Waals surface area (Å²) in [6.07, 6.45) is 0. The van der Waals surface area contributed by atoms with Crippen LogP contribution in [0.25, 0.3) is 0 Å². The summed E-state index contributed by atoms with van der Waals surface area (Å²) in [5.41, 5.74) is 0.614. The number of sulfonamides is 1. The second-order valence-electron chi connectivity index (χ2n) is 6.67. The molecule has 0 saturated carbocycles. The second-order valence-corrected chi connectivity index (χ2v) is 9.86. The summed E-state index contributed by atoms with van der Waals surface area (Å²) in [7, 11) is -3.93. The highest BCUT2D eigenvalue weighted by Crippen LogP contribution is 2.25. The molecule has 1 amide bonds. The van der Waals surface area contributed by atoms with Gasteiger partial charge < -0.3 is 5.32 Å². The molecule has 28 heavy (non-hydrogen) atoms. The highest BCUT2D eigenvalue weighted by Gasteiger charge is 2.27. The Bertz CT molecular complexity index is 932. The van der Waals surface area contributed by atoms with Gasteiger partial charge >= 0.3 is 0 Å². The van der Waals surface area contributed by atoms with Crippen molar-refractivity contribution in [2.45, 2.75) is 25.3 Å². The molecule has 0 unspecified atom stereocenters. The van der Waals surface area contributed by atoms with Gasteiger partial charge in [-0.1, -0.05) is 54.7 Å². The van der Waals surface area contributed by atoms with E-state index in [4.69, 9.17) is 34.8 Å². The molecule has 0 aliphatic heterocycles. The molecule has 0 aromatic heterocycles. The van der Waals surface area contributed by atoms with Crippen LogP contribution in [0.15, 0.2) is 47.4 Å². The van der Waals surface area contributed by atoms with E-state index in [-0.39, 0.29) is 29.8 Å². The number of benzene rings is 2. The third kappa shape index (κ3) is 6.36. The largest absolute Gasteiger partial charge is 0.355 e. The number of nitrogens with zero attached hydrogens (tertiary/aromatic N) is 1. The minimum atomic E-state index is -3.93. The third-order valence-electron chi connectivity index (χ3n) is 3.82. The quantitative estimate of drug-likeness (QED) is 0.621. The number of halogens is 3. The zero-order valence-electron chi connectivity index (χ0n) is 15.5. The molecule has 0 saturated heterocycles. The Labute approximate surface area is 180 Å². The number of nitrogens with one attached hydrogen (secondary N) is 1. The first-order valence-corrected chi connectivity index (χ1v) is 11.1. The molecule has 0 atom stereocenters. The Hall–Kier alpha value is -1.31. The topological polar surface area (TPSA) is 66.5 Å². The number of hydrogen-bond acceptors (Lipinski definition) is 3. The van der Waals surface area contributed by atoms with Crippen molar-refractivity contribution < 1.29 is 13.2 Å². The van der Waals surface area contributed by atoms with Gasteiger partial charge in [-0.15, -0.1) is 0 Å². The molecule has 0 aliphatic rings. The van der Waals surface area contributed by atoms with Crippen molar-refractivity contribution in [2.75, 3.05) is 13.1 Å². The van der Waals surface area contributed by atoms with Crippen molar-refractivity contribution in [3.8, 4) is 0 Å². The van der Waals surface area contributed by atoms with Gasteiger partial charge in [0.25, 0.3) is 0 Å². The fraction of sp³-hybridized carbons (Fsp3) is 0.316. The van der Waals surface area contributed by atoms with E-state index in [0.29, 0.717) is 27.2 Å². The Balaban J connectivity index is 2.32. The molecule has 0 radical (unpaired) electrons. The van der Waals surface area contributed by atoms with Gasteiger partial charge in [-0.05, 0) is 47.9 Å². The van der Waals surface area contributed by atoms with Crippen LogP contribution in [0.3, 0.4) is 0 Å². The van der Waals surface area contributed by atoms with E-state index in [2.05, 4.69) is 5.32 Å². The number of carbonyl (C=O) groups excluding carboxylic acids is 1. The van der Waals surface area contributed by atoms with Gasteiger partial charge in [-0.25, -0.2) is 8.42 Å². The monoisotopic (exact) mass is 462 g/mol. The van der Waals surface area contributed by atoms with Crippen molar-refractivity contribution in [3.05, 3.63) is 63.1 Å². The van der Waals surface area contributed by atoms with E-state index in [1.165, 1.54) is 24.3 Å². The van der Waals surface area contributed by atoms with Gasteiger partial charge in [-0.2, -0.15) is 4.31 Å². The molecule has 1 N–H and O–H groups in total. The minimum Gasteiger partial charge on any atom is -0.355 e. The van der Waals surface area contributed by atoms with Crippen LogP contribution in [0.5, 0.6) is 0 Å². The zero-order chi connectivity index (χ0) is 20.9. The van der Waals surface area contributed by atoms with Crippen LogP contribution in [0.2, 0.25) is 15.1 Å². The molecule has 2 aromatic carbocycles. The molecule has 0 heterocycles.